The smallest absolute Gasteiger partial charge is 0.203 e. The number of phenolic OH excluding ortho intramolecular Hbond substituents is 1. The monoisotopic (exact) mass is 490 g/mol. The van der Waals surface area contributed by atoms with Crippen molar-refractivity contribution in [3.63, 3.8) is 0 Å². The van der Waals surface area contributed by atoms with Crippen LogP contribution in [0, 0.1) is 12.1 Å². The lowest BCUT2D eigenvalue weighted by Gasteiger charge is -2.48. The minimum atomic E-state index is -0.774. The van der Waals surface area contributed by atoms with Crippen molar-refractivity contribution in [1.29, 1.82) is 0 Å². The maximum absolute atomic E-state index is 10.7. The average Bonchev–Trinajstić information content (AvgIpc) is 2.75. The first-order valence-corrected chi connectivity index (χ1v) is 12.5. The molecule has 1 fully saturated rings. The van der Waals surface area contributed by atoms with Crippen molar-refractivity contribution in [2.24, 2.45) is 0 Å². The number of aromatic hydroxyl groups is 1. The molecule has 7 heteroatoms. The highest BCUT2D eigenvalue weighted by Gasteiger charge is 2.39. The number of ether oxygens (including phenoxy) is 1. The van der Waals surface area contributed by atoms with Gasteiger partial charge in [0.05, 0.1) is 17.8 Å². The Morgan fingerprint density at radius 1 is 1.06 bits per heavy atom. The maximum atomic E-state index is 10.7. The third kappa shape index (κ3) is 6.18. The zero-order chi connectivity index (χ0) is 26.3. The minimum absolute atomic E-state index is 0.0228. The van der Waals surface area contributed by atoms with Gasteiger partial charge in [-0.15, -0.1) is 10.2 Å². The SMILES string of the molecule is CN(c1c#cc(-c2cc3ccc(OCCC(C)(C)O)cc3cc2O)nn1)C1CC(C)(C)NC(C)(C)C1. The molecule has 0 amide bonds. The molecule has 0 unspecified atom stereocenters. The Bertz CT molecular complexity index is 1200. The lowest BCUT2D eigenvalue weighted by Crippen LogP contribution is -2.62. The van der Waals surface area contributed by atoms with Gasteiger partial charge in [-0.25, -0.2) is 0 Å². The van der Waals surface area contributed by atoms with Gasteiger partial charge in [0.15, 0.2) is 0 Å². The number of aliphatic hydroxyl groups is 1. The lowest BCUT2D eigenvalue weighted by atomic mass is 9.79. The summed E-state index contributed by atoms with van der Waals surface area (Å²) in [7, 11) is 2.03. The van der Waals surface area contributed by atoms with E-state index in [1.165, 1.54) is 0 Å². The van der Waals surface area contributed by atoms with Crippen molar-refractivity contribution in [2.45, 2.75) is 83.5 Å². The Hall–Kier alpha value is -3.08. The Morgan fingerprint density at radius 2 is 1.75 bits per heavy atom. The van der Waals surface area contributed by atoms with E-state index >= 15 is 0 Å². The molecule has 0 bridgehead atoms. The van der Waals surface area contributed by atoms with Crippen LogP contribution in [0.4, 0.5) is 5.82 Å². The van der Waals surface area contributed by atoms with E-state index in [1.54, 1.807) is 19.9 Å². The molecule has 1 saturated heterocycles. The molecule has 3 aromatic rings. The number of phenols is 1. The standard InChI is InChI=1S/C29H38N4O3/c1-27(2)17-21(18-28(3,4)32-27)33(7)26-11-10-24(30-31-26)23-15-19-8-9-22(14-20(19)16-25(23)34)36-13-12-29(5,6)35/h8-9,14-16,21,32,34-35H,12-13,17-18H2,1-7H3. The molecule has 7 nitrogen and oxygen atoms in total. The molecule has 3 N–H and O–H groups in total. The lowest BCUT2D eigenvalue weighted by molar-refractivity contribution is 0.0553. The highest BCUT2D eigenvalue weighted by atomic mass is 16.5. The summed E-state index contributed by atoms with van der Waals surface area (Å²) in [6.07, 6.45) is 2.50. The molecule has 1 aliphatic rings. The first-order valence-electron chi connectivity index (χ1n) is 12.5. The number of nitrogens with one attached hydrogen (secondary N) is 1. The normalized spacial score (nSPS) is 17.6. The summed E-state index contributed by atoms with van der Waals surface area (Å²) in [4.78, 5) is 2.14. The molecule has 1 aromatic heterocycles. The van der Waals surface area contributed by atoms with Gasteiger partial charge in [0.2, 0.25) is 5.82 Å². The third-order valence-electron chi connectivity index (χ3n) is 6.75. The van der Waals surface area contributed by atoms with Crippen LogP contribution in [-0.4, -0.2) is 56.8 Å². The van der Waals surface area contributed by atoms with Gasteiger partial charge in [-0.2, -0.15) is 0 Å². The highest BCUT2D eigenvalue weighted by molar-refractivity contribution is 5.90. The molecule has 192 valence electrons. The summed E-state index contributed by atoms with van der Waals surface area (Å²) in [6.45, 7) is 12.8. The van der Waals surface area contributed by atoms with Crippen molar-refractivity contribution < 1.29 is 14.9 Å². The Labute approximate surface area is 214 Å². The Balaban J connectivity index is 1.51. The van der Waals surface area contributed by atoms with Crippen molar-refractivity contribution in [1.82, 2.24) is 15.5 Å². The summed E-state index contributed by atoms with van der Waals surface area (Å²) in [5, 5.41) is 34.9. The summed E-state index contributed by atoms with van der Waals surface area (Å²) >= 11 is 0. The molecule has 0 radical (unpaired) electrons. The maximum Gasteiger partial charge on any atom is 0.203 e. The number of nitrogens with zero attached hydrogens (tertiary/aromatic N) is 3. The van der Waals surface area contributed by atoms with Crippen molar-refractivity contribution in [3.8, 4) is 22.8 Å². The van der Waals surface area contributed by atoms with Gasteiger partial charge in [0.25, 0.3) is 0 Å². The van der Waals surface area contributed by atoms with Crippen LogP contribution >= 0.6 is 0 Å². The number of hydrogen-bond donors (Lipinski definition) is 3. The van der Waals surface area contributed by atoms with Crippen LogP contribution in [0.1, 0.15) is 60.8 Å². The van der Waals surface area contributed by atoms with Crippen LogP contribution in [0.2, 0.25) is 0 Å². The summed E-state index contributed by atoms with van der Waals surface area (Å²) in [6, 6.07) is 15.9. The number of hydrogen-bond acceptors (Lipinski definition) is 7. The largest absolute Gasteiger partial charge is 0.507 e. The number of aromatic nitrogens is 2. The van der Waals surface area contributed by atoms with Crippen LogP contribution in [0.15, 0.2) is 30.3 Å². The van der Waals surface area contributed by atoms with Gasteiger partial charge in [0, 0.05) is 30.6 Å². The molecule has 36 heavy (non-hydrogen) atoms. The van der Waals surface area contributed by atoms with Crippen LogP contribution < -0.4 is 15.0 Å². The highest BCUT2D eigenvalue weighted by Crippen LogP contribution is 2.35. The van der Waals surface area contributed by atoms with E-state index in [0.29, 0.717) is 41.9 Å². The number of benzene rings is 2. The van der Waals surface area contributed by atoms with Crippen LogP contribution in [0.3, 0.4) is 0 Å². The van der Waals surface area contributed by atoms with Crippen molar-refractivity contribution in [2.75, 3.05) is 18.6 Å². The molecule has 1 aliphatic heterocycles. The molecule has 0 atom stereocenters. The van der Waals surface area contributed by atoms with Gasteiger partial charge in [0.1, 0.15) is 17.2 Å². The predicted octanol–water partition coefficient (Wildman–Crippen LogP) is 4.89. The molecular weight excluding hydrogens is 452 g/mol. The van der Waals surface area contributed by atoms with E-state index in [1.807, 2.05) is 31.3 Å². The van der Waals surface area contributed by atoms with Gasteiger partial charge in [-0.05, 0) is 102 Å². The van der Waals surface area contributed by atoms with E-state index in [9.17, 15) is 10.2 Å². The van der Waals surface area contributed by atoms with E-state index < -0.39 is 5.60 Å². The number of fused-ring (bicyclic) bond motifs is 1. The Kier molecular flexibility index (Phi) is 6.80. The van der Waals surface area contributed by atoms with E-state index in [0.717, 1.165) is 23.6 Å². The van der Waals surface area contributed by atoms with Crippen LogP contribution in [-0.2, 0) is 0 Å². The fourth-order valence-corrected chi connectivity index (χ4v) is 5.22. The summed E-state index contributed by atoms with van der Waals surface area (Å²) in [5.74, 6) is 1.43. The van der Waals surface area contributed by atoms with Gasteiger partial charge >= 0.3 is 0 Å². The molecule has 2 aromatic carbocycles. The summed E-state index contributed by atoms with van der Waals surface area (Å²) in [5.41, 5.74) is 0.275. The number of rotatable bonds is 7. The molecule has 4 rings (SSSR count). The predicted molar refractivity (Wildman–Crippen MR) is 143 cm³/mol. The Morgan fingerprint density at radius 3 is 2.36 bits per heavy atom. The summed E-state index contributed by atoms with van der Waals surface area (Å²) < 4.78 is 5.77. The number of anilines is 1. The zero-order valence-corrected chi connectivity index (χ0v) is 22.4. The third-order valence-corrected chi connectivity index (χ3v) is 6.75. The van der Waals surface area contributed by atoms with Gasteiger partial charge in [-0.3, -0.25) is 0 Å². The van der Waals surface area contributed by atoms with E-state index in [4.69, 9.17) is 4.74 Å². The topological polar surface area (TPSA) is 90.7 Å². The van der Waals surface area contributed by atoms with Gasteiger partial charge in [-0.1, -0.05) is 6.07 Å². The second-order valence-corrected chi connectivity index (χ2v) is 12.0. The van der Waals surface area contributed by atoms with E-state index in [2.05, 4.69) is 60.2 Å². The van der Waals surface area contributed by atoms with Gasteiger partial charge < -0.3 is 25.2 Å². The molecule has 2 heterocycles. The first kappa shape index (κ1) is 26.0. The van der Waals surface area contributed by atoms with Crippen molar-refractivity contribution >= 4 is 16.6 Å². The first-order chi connectivity index (χ1) is 16.7. The van der Waals surface area contributed by atoms with Crippen LogP contribution in [0.25, 0.3) is 22.0 Å². The quantitative estimate of drug-likeness (QED) is 0.434. The van der Waals surface area contributed by atoms with Crippen molar-refractivity contribution in [3.05, 3.63) is 42.5 Å². The fourth-order valence-electron chi connectivity index (χ4n) is 5.22. The fraction of sp³-hybridized carbons (Fsp3) is 0.517. The van der Waals surface area contributed by atoms with Crippen LogP contribution in [0.5, 0.6) is 11.5 Å². The molecule has 0 aliphatic carbocycles. The average molecular weight is 491 g/mol. The second-order valence-electron chi connectivity index (χ2n) is 12.0. The number of piperidine rings is 1. The zero-order valence-electron chi connectivity index (χ0n) is 22.4. The molecule has 0 spiro atoms. The molecule has 0 saturated carbocycles. The second kappa shape index (κ2) is 9.42. The minimum Gasteiger partial charge on any atom is -0.507 e. The molecular formula is C29H38N4O3. The van der Waals surface area contributed by atoms with E-state index in [-0.39, 0.29) is 16.8 Å².